The van der Waals surface area contributed by atoms with E-state index < -0.39 is 5.41 Å². The lowest BCUT2D eigenvalue weighted by molar-refractivity contribution is -0.124. The second kappa shape index (κ2) is 13.9. The second-order valence-corrected chi connectivity index (χ2v) is 14.7. The van der Waals surface area contributed by atoms with Gasteiger partial charge in [-0.15, -0.1) is 0 Å². The molecule has 10 heteroatoms. The Balaban J connectivity index is 1.43. The van der Waals surface area contributed by atoms with Crippen LogP contribution in [0.4, 0.5) is 11.4 Å². The zero-order chi connectivity index (χ0) is 35.2. The summed E-state index contributed by atoms with van der Waals surface area (Å²) in [5.41, 5.74) is 7.07. The van der Waals surface area contributed by atoms with E-state index in [1.165, 1.54) is 0 Å². The summed E-state index contributed by atoms with van der Waals surface area (Å²) in [7, 11) is 1.87. The topological polar surface area (TPSA) is 98.0 Å². The van der Waals surface area contributed by atoms with E-state index in [4.69, 9.17) is 16.3 Å². The van der Waals surface area contributed by atoms with E-state index in [9.17, 15) is 14.4 Å². The number of carbonyl (C=O) groups is 2. The minimum atomic E-state index is -0.519. The van der Waals surface area contributed by atoms with Crippen molar-refractivity contribution in [1.82, 2.24) is 15.2 Å². The van der Waals surface area contributed by atoms with Crippen LogP contribution in [0.1, 0.15) is 84.8 Å². The maximum absolute atomic E-state index is 14.1. The number of aryl methyl sites for hydroxylation is 2. The zero-order valence-corrected chi connectivity index (χ0v) is 30.7. The minimum Gasteiger partial charge on any atom is -0.381 e. The highest BCUT2D eigenvalue weighted by atomic mass is 35.5. The van der Waals surface area contributed by atoms with Gasteiger partial charge in [-0.2, -0.15) is 0 Å². The van der Waals surface area contributed by atoms with Crippen molar-refractivity contribution < 1.29 is 14.3 Å². The SMILES string of the molecule is CCN(c1cc(-c2ccc3c(c2)N(C)C(=O)C32CCN(C(C)C)CC2)c(Cl)c(C(=O)NCc2c(C)cc(C)[nH]c2=O)c1C)C1CCOCC1. The molecule has 2 N–H and O–H groups in total. The molecule has 0 aliphatic carbocycles. The van der Waals surface area contributed by atoms with Gasteiger partial charge in [0.1, 0.15) is 0 Å². The van der Waals surface area contributed by atoms with E-state index in [-0.39, 0.29) is 30.0 Å². The van der Waals surface area contributed by atoms with Crippen molar-refractivity contribution in [2.24, 2.45) is 0 Å². The van der Waals surface area contributed by atoms with Crippen LogP contribution in [0, 0.1) is 20.8 Å². The molecule has 9 nitrogen and oxygen atoms in total. The Morgan fingerprint density at radius 3 is 2.43 bits per heavy atom. The Hall–Kier alpha value is -3.66. The van der Waals surface area contributed by atoms with Gasteiger partial charge in [-0.3, -0.25) is 14.4 Å². The lowest BCUT2D eigenvalue weighted by Crippen LogP contribution is -2.49. The van der Waals surface area contributed by atoms with Crippen LogP contribution >= 0.6 is 11.6 Å². The summed E-state index contributed by atoms with van der Waals surface area (Å²) in [5, 5.41) is 3.36. The molecule has 6 rings (SSSR count). The molecule has 0 bridgehead atoms. The number of aromatic nitrogens is 1. The predicted molar refractivity (Wildman–Crippen MR) is 197 cm³/mol. The number of hydrogen-bond donors (Lipinski definition) is 2. The Kier molecular flexibility index (Phi) is 10.00. The van der Waals surface area contributed by atoms with E-state index in [1.54, 1.807) is 0 Å². The summed E-state index contributed by atoms with van der Waals surface area (Å²) in [5.74, 6) is -0.186. The number of anilines is 2. The van der Waals surface area contributed by atoms with Crippen molar-refractivity contribution in [1.29, 1.82) is 0 Å². The first kappa shape index (κ1) is 35.2. The number of halogens is 1. The number of ether oxygens (including phenoxy) is 1. The highest BCUT2D eigenvalue weighted by Gasteiger charge is 2.51. The summed E-state index contributed by atoms with van der Waals surface area (Å²) >= 11 is 7.26. The number of carbonyl (C=O) groups excluding carboxylic acids is 2. The largest absolute Gasteiger partial charge is 0.381 e. The Morgan fingerprint density at radius 1 is 1.10 bits per heavy atom. The van der Waals surface area contributed by atoms with Crippen LogP contribution < -0.4 is 20.7 Å². The van der Waals surface area contributed by atoms with Gasteiger partial charge in [0.15, 0.2) is 0 Å². The molecule has 2 fully saturated rings. The van der Waals surface area contributed by atoms with Gasteiger partial charge in [0.25, 0.3) is 11.5 Å². The molecule has 262 valence electrons. The molecule has 0 atom stereocenters. The summed E-state index contributed by atoms with van der Waals surface area (Å²) < 4.78 is 5.69. The Morgan fingerprint density at radius 2 is 1.80 bits per heavy atom. The van der Waals surface area contributed by atoms with E-state index in [2.05, 4.69) is 65.1 Å². The molecule has 4 heterocycles. The number of likely N-dealkylation sites (N-methyl/N-ethyl adjacent to an activating group) is 1. The van der Waals surface area contributed by atoms with Gasteiger partial charge in [-0.1, -0.05) is 23.7 Å². The molecule has 2 aromatic carbocycles. The van der Waals surface area contributed by atoms with Gasteiger partial charge in [0.2, 0.25) is 5.91 Å². The summed E-state index contributed by atoms with van der Waals surface area (Å²) in [6, 6.07) is 11.0. The first-order valence-corrected chi connectivity index (χ1v) is 18.1. The molecule has 3 aromatic rings. The third kappa shape index (κ3) is 6.30. The number of fused-ring (bicyclic) bond motifs is 2. The van der Waals surface area contributed by atoms with E-state index in [0.717, 1.165) is 90.2 Å². The van der Waals surface area contributed by atoms with Crippen molar-refractivity contribution >= 4 is 34.8 Å². The fraction of sp³-hybridized carbons (Fsp3) is 0.513. The number of likely N-dealkylation sites (tertiary alicyclic amines) is 1. The molecule has 49 heavy (non-hydrogen) atoms. The summed E-state index contributed by atoms with van der Waals surface area (Å²) in [6.07, 6.45) is 3.37. The van der Waals surface area contributed by atoms with Crippen molar-refractivity contribution in [2.45, 2.75) is 91.3 Å². The molecular weight excluding hydrogens is 638 g/mol. The molecule has 0 radical (unpaired) electrons. The van der Waals surface area contributed by atoms with Crippen molar-refractivity contribution in [3.05, 3.63) is 79.2 Å². The van der Waals surface area contributed by atoms with Crippen LogP contribution in [0.2, 0.25) is 5.02 Å². The number of nitrogens with zero attached hydrogens (tertiary/aromatic N) is 3. The van der Waals surface area contributed by atoms with Gasteiger partial charge >= 0.3 is 0 Å². The van der Waals surface area contributed by atoms with Crippen molar-refractivity contribution in [3.8, 4) is 11.1 Å². The number of amides is 2. The van der Waals surface area contributed by atoms with E-state index >= 15 is 0 Å². The summed E-state index contributed by atoms with van der Waals surface area (Å²) in [4.78, 5) is 50.3. The van der Waals surface area contributed by atoms with Gasteiger partial charge in [0.05, 0.1) is 16.0 Å². The third-order valence-corrected chi connectivity index (χ3v) is 11.6. The number of aromatic amines is 1. The van der Waals surface area contributed by atoms with Gasteiger partial charge in [-0.25, -0.2) is 0 Å². The smallest absolute Gasteiger partial charge is 0.253 e. The van der Waals surface area contributed by atoms with Gasteiger partial charge in [-0.05, 0) is 121 Å². The number of piperidine rings is 1. The lowest BCUT2D eigenvalue weighted by atomic mass is 9.73. The highest BCUT2D eigenvalue weighted by Crippen LogP contribution is 2.50. The molecular formula is C39H50ClN5O4. The van der Waals surface area contributed by atoms with Gasteiger partial charge in [0, 0.05) is 73.6 Å². The normalized spacial score (nSPS) is 18.0. The number of hydrogen-bond acceptors (Lipinski definition) is 6. The fourth-order valence-electron chi connectivity index (χ4n) is 8.33. The number of nitrogens with one attached hydrogen (secondary N) is 2. The lowest BCUT2D eigenvalue weighted by Gasteiger charge is -2.40. The number of H-pyrrole nitrogens is 1. The molecule has 2 saturated heterocycles. The van der Waals surface area contributed by atoms with Gasteiger partial charge < -0.3 is 29.7 Å². The zero-order valence-electron chi connectivity index (χ0n) is 30.0. The van der Waals surface area contributed by atoms with E-state index in [0.29, 0.717) is 35.4 Å². The average molecular weight is 688 g/mol. The molecule has 0 unspecified atom stereocenters. The number of benzene rings is 2. The van der Waals surface area contributed by atoms with E-state index in [1.807, 2.05) is 38.8 Å². The van der Waals surface area contributed by atoms with Crippen LogP contribution in [-0.4, -0.2) is 73.7 Å². The van der Waals surface area contributed by atoms with Crippen LogP contribution in [-0.2, 0) is 21.5 Å². The molecule has 0 saturated carbocycles. The first-order valence-electron chi connectivity index (χ1n) is 17.7. The average Bonchev–Trinajstić information content (AvgIpc) is 3.27. The highest BCUT2D eigenvalue weighted by molar-refractivity contribution is 6.37. The number of rotatable bonds is 8. The minimum absolute atomic E-state index is 0.0785. The van der Waals surface area contributed by atoms with Crippen LogP contribution in [0.15, 0.2) is 35.1 Å². The molecule has 1 spiro atoms. The van der Waals surface area contributed by atoms with Crippen molar-refractivity contribution in [3.63, 3.8) is 0 Å². The summed E-state index contributed by atoms with van der Waals surface area (Å²) in [6.45, 7) is 16.2. The molecule has 3 aliphatic rings. The molecule has 3 aliphatic heterocycles. The Bertz CT molecular complexity index is 1820. The second-order valence-electron chi connectivity index (χ2n) is 14.3. The standard InChI is InChI=1S/C39H50ClN5O4/c1-8-45(28-11-17-49-18-12-28)32-21-29(35(40)34(26(32)6)37(47)41-22-30-24(4)19-25(5)42-36(30)46)27-9-10-31-33(20-27)43(7)38(48)39(31)13-15-44(16-14-39)23(2)3/h9-10,19-21,23,28H,8,11-18,22H2,1-7H3,(H,41,47)(H,42,46). The van der Waals surface area contributed by atoms with Crippen LogP contribution in [0.5, 0.6) is 0 Å². The number of pyridine rings is 1. The monoisotopic (exact) mass is 687 g/mol. The van der Waals surface area contributed by atoms with Crippen LogP contribution in [0.3, 0.4) is 0 Å². The maximum atomic E-state index is 14.1. The third-order valence-electron chi connectivity index (χ3n) is 11.2. The first-order chi connectivity index (χ1) is 23.4. The van der Waals surface area contributed by atoms with Crippen LogP contribution in [0.25, 0.3) is 11.1 Å². The molecule has 1 aromatic heterocycles. The molecule has 2 amide bonds. The fourth-order valence-corrected chi connectivity index (χ4v) is 8.72. The Labute approximate surface area is 295 Å². The van der Waals surface area contributed by atoms with Crippen molar-refractivity contribution in [2.75, 3.05) is 49.7 Å². The quantitative estimate of drug-likeness (QED) is 0.290. The predicted octanol–water partition coefficient (Wildman–Crippen LogP) is 6.27. The maximum Gasteiger partial charge on any atom is 0.253 e.